The van der Waals surface area contributed by atoms with Gasteiger partial charge < -0.3 is 15.0 Å². The zero-order valence-electron chi connectivity index (χ0n) is 12.9. The quantitative estimate of drug-likeness (QED) is 0.893. The van der Waals surface area contributed by atoms with E-state index in [1.165, 1.54) is 11.3 Å². The fourth-order valence-corrected chi connectivity index (χ4v) is 4.50. The van der Waals surface area contributed by atoms with E-state index in [1.807, 2.05) is 10.3 Å². The largest absolute Gasteiger partial charge is 0.374 e. The molecule has 0 radical (unpaired) electrons. The molecule has 2 saturated heterocycles. The highest BCUT2D eigenvalue weighted by atomic mass is 32.1. The summed E-state index contributed by atoms with van der Waals surface area (Å²) in [6.07, 6.45) is 3.73. The van der Waals surface area contributed by atoms with Crippen LogP contribution in [0.25, 0.3) is 0 Å². The van der Waals surface area contributed by atoms with Crippen LogP contribution in [0.1, 0.15) is 25.0 Å². The van der Waals surface area contributed by atoms with Crippen molar-refractivity contribution < 1.29 is 14.3 Å². The monoisotopic (exact) mass is 336 g/mol. The van der Waals surface area contributed by atoms with Gasteiger partial charge in [0.1, 0.15) is 0 Å². The molecule has 8 heteroatoms. The molecule has 7 nitrogen and oxygen atoms in total. The minimum absolute atomic E-state index is 0.112. The Balaban J connectivity index is 1.42. The van der Waals surface area contributed by atoms with Gasteiger partial charge in [-0.3, -0.25) is 9.69 Å². The summed E-state index contributed by atoms with van der Waals surface area (Å²) in [5.41, 5.74) is 0.746. The maximum Gasteiger partial charge on any atom is 0.323 e. The lowest BCUT2D eigenvalue weighted by Crippen LogP contribution is -2.51. The van der Waals surface area contributed by atoms with E-state index < -0.39 is 0 Å². The molecule has 2 aliphatic heterocycles. The number of morpholine rings is 1. The molecule has 1 aromatic heterocycles. The first-order valence-electron chi connectivity index (χ1n) is 8.13. The Kier molecular flexibility index (Phi) is 3.94. The molecule has 1 N–H and O–H groups in total. The van der Waals surface area contributed by atoms with Crippen molar-refractivity contribution >= 4 is 28.4 Å². The van der Waals surface area contributed by atoms with Crippen LogP contribution in [-0.4, -0.2) is 60.2 Å². The predicted octanol–water partition coefficient (Wildman–Crippen LogP) is 0.995. The molecular weight excluding hydrogens is 316 g/mol. The summed E-state index contributed by atoms with van der Waals surface area (Å²) in [5.74, 6) is 0.118. The lowest BCUT2D eigenvalue weighted by atomic mass is 10.1. The Bertz CT molecular complexity index is 620. The fraction of sp³-hybridized carbons (Fsp3) is 0.667. The molecule has 3 amide bonds. The minimum Gasteiger partial charge on any atom is -0.374 e. The van der Waals surface area contributed by atoms with Crippen LogP contribution in [0, 0.1) is 0 Å². The van der Waals surface area contributed by atoms with Crippen LogP contribution in [0.3, 0.4) is 0 Å². The summed E-state index contributed by atoms with van der Waals surface area (Å²) in [7, 11) is 0. The van der Waals surface area contributed by atoms with Crippen LogP contribution in [0.15, 0.2) is 5.38 Å². The van der Waals surface area contributed by atoms with E-state index in [4.69, 9.17) is 4.74 Å². The van der Waals surface area contributed by atoms with Crippen LogP contribution >= 0.6 is 11.3 Å². The van der Waals surface area contributed by atoms with E-state index >= 15 is 0 Å². The van der Waals surface area contributed by atoms with Gasteiger partial charge in [0.15, 0.2) is 5.13 Å². The lowest BCUT2D eigenvalue weighted by molar-refractivity contribution is -0.143. The van der Waals surface area contributed by atoms with Crippen LogP contribution in [-0.2, 0) is 16.0 Å². The van der Waals surface area contributed by atoms with Gasteiger partial charge >= 0.3 is 6.03 Å². The molecule has 2 unspecified atom stereocenters. The van der Waals surface area contributed by atoms with Crippen LogP contribution in [0.2, 0.25) is 0 Å². The standard InChI is InChI=1S/C15H20N4O3S/c20-13(18-6-7-22-12-3-1-2-11(12)18)8-10-9-23-15(17-10)19-5-4-16-14(19)21/h9,11-12H,1-8H2,(H,16,21). The maximum absolute atomic E-state index is 12.6. The summed E-state index contributed by atoms with van der Waals surface area (Å²) in [5, 5.41) is 5.31. The number of rotatable bonds is 3. The highest BCUT2D eigenvalue weighted by Gasteiger charge is 2.38. The first-order chi connectivity index (χ1) is 11.2. The van der Waals surface area contributed by atoms with Gasteiger partial charge in [0.2, 0.25) is 5.91 Å². The number of hydrogen-bond acceptors (Lipinski definition) is 5. The second-order valence-electron chi connectivity index (χ2n) is 6.18. The number of anilines is 1. The van der Waals surface area contributed by atoms with Gasteiger partial charge in [0.05, 0.1) is 30.9 Å². The number of nitrogens with one attached hydrogen (secondary N) is 1. The van der Waals surface area contributed by atoms with Crippen molar-refractivity contribution in [1.29, 1.82) is 0 Å². The summed E-state index contributed by atoms with van der Waals surface area (Å²) >= 11 is 1.42. The van der Waals surface area contributed by atoms with Gasteiger partial charge in [0, 0.05) is 25.0 Å². The van der Waals surface area contributed by atoms with Gasteiger partial charge in [-0.25, -0.2) is 9.78 Å². The summed E-state index contributed by atoms with van der Waals surface area (Å²) in [6, 6.07) is 0.123. The van der Waals surface area contributed by atoms with E-state index in [1.54, 1.807) is 4.90 Å². The second kappa shape index (κ2) is 6.09. The van der Waals surface area contributed by atoms with E-state index in [0.29, 0.717) is 37.8 Å². The molecule has 23 heavy (non-hydrogen) atoms. The van der Waals surface area contributed by atoms with E-state index in [9.17, 15) is 9.59 Å². The number of carbonyl (C=O) groups excluding carboxylic acids is 2. The molecule has 1 aliphatic carbocycles. The summed E-state index contributed by atoms with van der Waals surface area (Å²) in [6.45, 7) is 2.57. The van der Waals surface area contributed by atoms with Crippen LogP contribution in [0.4, 0.5) is 9.93 Å². The maximum atomic E-state index is 12.6. The number of urea groups is 1. The summed E-state index contributed by atoms with van der Waals surface area (Å²) < 4.78 is 5.76. The predicted molar refractivity (Wildman–Crippen MR) is 85.7 cm³/mol. The van der Waals surface area contributed by atoms with Gasteiger partial charge in [-0.15, -0.1) is 11.3 Å². The summed E-state index contributed by atoms with van der Waals surface area (Å²) in [4.78, 5) is 32.4. The van der Waals surface area contributed by atoms with Crippen molar-refractivity contribution in [1.82, 2.24) is 15.2 Å². The number of carbonyl (C=O) groups is 2. The van der Waals surface area contributed by atoms with Crippen molar-refractivity contribution in [2.24, 2.45) is 0 Å². The first-order valence-corrected chi connectivity index (χ1v) is 9.01. The molecule has 2 atom stereocenters. The van der Waals surface area contributed by atoms with Crippen LogP contribution in [0.5, 0.6) is 0 Å². The Morgan fingerprint density at radius 3 is 3.17 bits per heavy atom. The third-order valence-electron chi connectivity index (χ3n) is 4.76. The molecule has 3 fully saturated rings. The van der Waals surface area contributed by atoms with Crippen molar-refractivity contribution in [3.8, 4) is 0 Å². The zero-order chi connectivity index (χ0) is 15.8. The third kappa shape index (κ3) is 2.81. The number of thiazole rings is 1. The van der Waals surface area contributed by atoms with Gasteiger partial charge in [-0.2, -0.15) is 0 Å². The average Bonchev–Trinajstić information content (AvgIpc) is 3.26. The van der Waals surface area contributed by atoms with E-state index in [2.05, 4.69) is 10.3 Å². The molecule has 0 aromatic carbocycles. The molecular formula is C15H20N4O3S. The molecule has 4 rings (SSSR count). The third-order valence-corrected chi connectivity index (χ3v) is 5.67. The second-order valence-corrected chi connectivity index (χ2v) is 7.01. The molecule has 0 bridgehead atoms. The van der Waals surface area contributed by atoms with Crippen molar-refractivity contribution in [2.75, 3.05) is 31.1 Å². The first kappa shape index (κ1) is 14.9. The molecule has 1 saturated carbocycles. The lowest BCUT2D eigenvalue weighted by Gasteiger charge is -2.37. The highest BCUT2D eigenvalue weighted by Crippen LogP contribution is 2.30. The molecule has 3 heterocycles. The van der Waals surface area contributed by atoms with Crippen molar-refractivity contribution in [3.63, 3.8) is 0 Å². The van der Waals surface area contributed by atoms with Crippen LogP contribution < -0.4 is 10.2 Å². The normalized spacial score (nSPS) is 27.2. The number of amides is 3. The Morgan fingerprint density at radius 1 is 1.43 bits per heavy atom. The van der Waals surface area contributed by atoms with Gasteiger partial charge in [-0.1, -0.05) is 0 Å². The molecule has 1 aromatic rings. The SMILES string of the molecule is O=C1NCCN1c1nc(CC(=O)N2CCOC3CCCC32)cs1. The highest BCUT2D eigenvalue weighted by molar-refractivity contribution is 7.14. The molecule has 3 aliphatic rings. The fourth-order valence-electron chi connectivity index (χ4n) is 3.65. The Hall–Kier alpha value is -1.67. The number of aromatic nitrogens is 1. The number of fused-ring (bicyclic) bond motifs is 1. The van der Waals surface area contributed by atoms with E-state index in [-0.39, 0.29) is 24.1 Å². The Morgan fingerprint density at radius 2 is 2.35 bits per heavy atom. The van der Waals surface area contributed by atoms with Crippen molar-refractivity contribution in [3.05, 3.63) is 11.1 Å². The molecule has 0 spiro atoms. The van der Waals surface area contributed by atoms with Gasteiger partial charge in [-0.05, 0) is 19.3 Å². The number of ether oxygens (including phenoxy) is 1. The topological polar surface area (TPSA) is 74.8 Å². The van der Waals surface area contributed by atoms with Gasteiger partial charge in [0.25, 0.3) is 0 Å². The Labute approximate surface area is 138 Å². The number of nitrogens with zero attached hydrogens (tertiary/aromatic N) is 3. The van der Waals surface area contributed by atoms with Crippen molar-refractivity contribution in [2.45, 2.75) is 37.8 Å². The van der Waals surface area contributed by atoms with E-state index in [0.717, 1.165) is 25.0 Å². The zero-order valence-corrected chi connectivity index (χ0v) is 13.7. The average molecular weight is 336 g/mol. The number of hydrogen-bond donors (Lipinski definition) is 1. The molecule has 124 valence electrons. The smallest absolute Gasteiger partial charge is 0.323 e. The minimum atomic E-state index is -0.112.